The molecular weight excluding hydrogens is 216 g/mol. The van der Waals surface area contributed by atoms with Crippen LogP contribution in [0.5, 0.6) is 0 Å². The van der Waals surface area contributed by atoms with Crippen LogP contribution >= 0.6 is 0 Å². The lowest BCUT2D eigenvalue weighted by Crippen LogP contribution is -2.27. The van der Waals surface area contributed by atoms with Gasteiger partial charge in [0, 0.05) is 19.7 Å². The molecule has 0 radical (unpaired) electrons. The van der Waals surface area contributed by atoms with E-state index in [9.17, 15) is 5.11 Å². The summed E-state index contributed by atoms with van der Waals surface area (Å²) < 4.78 is 5.35. The molecule has 0 aliphatic rings. The number of rotatable bonds is 7. The molecule has 0 aliphatic carbocycles. The molecule has 17 heavy (non-hydrogen) atoms. The number of hydrogen-bond donors (Lipinski definition) is 1. The molecule has 0 bridgehead atoms. The van der Waals surface area contributed by atoms with E-state index in [-0.39, 0.29) is 0 Å². The quantitative estimate of drug-likeness (QED) is 0.738. The summed E-state index contributed by atoms with van der Waals surface area (Å²) in [6.07, 6.45) is 1.29. The normalized spacial score (nSPS) is 12.5. The van der Waals surface area contributed by atoms with Gasteiger partial charge in [0.2, 0.25) is 0 Å². The number of nitrogens with zero attached hydrogens (tertiary/aromatic N) is 2. The Balaban J connectivity index is 2.62. The van der Waals surface area contributed by atoms with Crippen LogP contribution < -0.4 is 4.90 Å². The molecule has 0 spiro atoms. The van der Waals surface area contributed by atoms with Crippen molar-refractivity contribution in [3.8, 4) is 0 Å². The first-order valence-electron chi connectivity index (χ1n) is 6.15. The third kappa shape index (κ3) is 4.32. The largest absolute Gasteiger partial charge is 0.387 e. The van der Waals surface area contributed by atoms with Crippen LogP contribution in [0.15, 0.2) is 18.3 Å². The summed E-state index contributed by atoms with van der Waals surface area (Å²) in [7, 11) is 0. The van der Waals surface area contributed by atoms with Gasteiger partial charge in [-0.05, 0) is 32.9 Å². The maximum atomic E-state index is 9.39. The molecule has 1 heterocycles. The SMILES string of the molecule is CCOCCN(CC)c1ccc([C@H](C)O)nc1. The van der Waals surface area contributed by atoms with Crippen molar-refractivity contribution in [2.24, 2.45) is 0 Å². The lowest BCUT2D eigenvalue weighted by atomic mass is 10.2. The zero-order chi connectivity index (χ0) is 12.7. The highest BCUT2D eigenvalue weighted by atomic mass is 16.5. The van der Waals surface area contributed by atoms with Crippen molar-refractivity contribution >= 4 is 5.69 Å². The van der Waals surface area contributed by atoms with E-state index in [1.54, 1.807) is 13.1 Å². The van der Waals surface area contributed by atoms with Crippen LogP contribution in [0.25, 0.3) is 0 Å². The van der Waals surface area contributed by atoms with E-state index in [2.05, 4.69) is 16.8 Å². The number of pyridine rings is 1. The van der Waals surface area contributed by atoms with Gasteiger partial charge in [-0.15, -0.1) is 0 Å². The third-order valence-corrected chi connectivity index (χ3v) is 2.66. The van der Waals surface area contributed by atoms with Crippen molar-refractivity contribution in [3.05, 3.63) is 24.0 Å². The molecule has 1 atom stereocenters. The number of anilines is 1. The molecule has 0 aromatic carbocycles. The summed E-state index contributed by atoms with van der Waals surface area (Å²) in [6, 6.07) is 3.85. The molecule has 4 heteroatoms. The molecule has 0 amide bonds. The van der Waals surface area contributed by atoms with E-state index in [0.717, 1.165) is 32.0 Å². The van der Waals surface area contributed by atoms with Gasteiger partial charge in [0.25, 0.3) is 0 Å². The standard InChI is InChI=1S/C13H22N2O2/c1-4-15(8-9-17-5-2)12-6-7-13(11(3)16)14-10-12/h6-7,10-11,16H,4-5,8-9H2,1-3H3/t11-/m0/s1. The van der Waals surface area contributed by atoms with Gasteiger partial charge in [-0.25, -0.2) is 0 Å². The Hall–Kier alpha value is -1.13. The highest BCUT2D eigenvalue weighted by molar-refractivity contribution is 5.44. The zero-order valence-electron chi connectivity index (χ0n) is 10.9. The van der Waals surface area contributed by atoms with Crippen LogP contribution in [0.4, 0.5) is 5.69 Å². The van der Waals surface area contributed by atoms with Crippen LogP contribution in [0.1, 0.15) is 32.6 Å². The Morgan fingerprint density at radius 3 is 2.65 bits per heavy atom. The van der Waals surface area contributed by atoms with E-state index in [1.807, 2.05) is 19.1 Å². The molecule has 0 saturated carbocycles. The van der Waals surface area contributed by atoms with E-state index in [1.165, 1.54) is 0 Å². The van der Waals surface area contributed by atoms with Gasteiger partial charge >= 0.3 is 0 Å². The molecular formula is C13H22N2O2. The highest BCUT2D eigenvalue weighted by Gasteiger charge is 2.06. The Bertz CT molecular complexity index is 312. The number of likely N-dealkylation sites (N-methyl/N-ethyl adjacent to an activating group) is 1. The topological polar surface area (TPSA) is 45.6 Å². The fourth-order valence-corrected chi connectivity index (χ4v) is 1.62. The molecule has 1 N–H and O–H groups in total. The van der Waals surface area contributed by atoms with Crippen LogP contribution in [0.3, 0.4) is 0 Å². The predicted octanol–water partition coefficient (Wildman–Crippen LogP) is 2.00. The fourth-order valence-electron chi connectivity index (χ4n) is 1.62. The van der Waals surface area contributed by atoms with Crippen LogP contribution in [-0.2, 0) is 4.74 Å². The number of hydrogen-bond acceptors (Lipinski definition) is 4. The van der Waals surface area contributed by atoms with Crippen molar-refractivity contribution < 1.29 is 9.84 Å². The molecule has 1 aromatic heterocycles. The molecule has 96 valence electrons. The minimum atomic E-state index is -0.512. The van der Waals surface area contributed by atoms with Gasteiger partial charge in [-0.3, -0.25) is 4.98 Å². The second-order valence-corrected chi connectivity index (χ2v) is 3.89. The Kier molecular flexibility index (Phi) is 5.94. The average molecular weight is 238 g/mol. The van der Waals surface area contributed by atoms with E-state index < -0.39 is 6.10 Å². The summed E-state index contributed by atoms with van der Waals surface area (Å²) in [5, 5.41) is 9.39. The Labute approximate surface area is 103 Å². The predicted molar refractivity (Wildman–Crippen MR) is 69.3 cm³/mol. The monoisotopic (exact) mass is 238 g/mol. The minimum Gasteiger partial charge on any atom is -0.387 e. The maximum Gasteiger partial charge on any atom is 0.0931 e. The van der Waals surface area contributed by atoms with Crippen molar-refractivity contribution in [2.45, 2.75) is 26.9 Å². The van der Waals surface area contributed by atoms with Crippen LogP contribution in [0, 0.1) is 0 Å². The summed E-state index contributed by atoms with van der Waals surface area (Å²) in [5.74, 6) is 0. The van der Waals surface area contributed by atoms with Crippen molar-refractivity contribution in [1.29, 1.82) is 0 Å². The molecule has 0 fully saturated rings. The zero-order valence-corrected chi connectivity index (χ0v) is 10.9. The summed E-state index contributed by atoms with van der Waals surface area (Å²) in [4.78, 5) is 6.45. The molecule has 0 aliphatic heterocycles. The molecule has 4 nitrogen and oxygen atoms in total. The minimum absolute atomic E-state index is 0.512. The van der Waals surface area contributed by atoms with Crippen LogP contribution in [-0.4, -0.2) is 36.4 Å². The average Bonchev–Trinajstić information content (AvgIpc) is 2.35. The highest BCUT2D eigenvalue weighted by Crippen LogP contribution is 2.15. The van der Waals surface area contributed by atoms with Gasteiger partial charge in [0.15, 0.2) is 0 Å². The van der Waals surface area contributed by atoms with Crippen molar-refractivity contribution in [1.82, 2.24) is 4.98 Å². The smallest absolute Gasteiger partial charge is 0.0931 e. The Morgan fingerprint density at radius 2 is 2.18 bits per heavy atom. The third-order valence-electron chi connectivity index (χ3n) is 2.66. The summed E-state index contributed by atoms with van der Waals surface area (Å²) in [6.45, 7) is 9.07. The van der Waals surface area contributed by atoms with Crippen molar-refractivity contribution in [3.63, 3.8) is 0 Å². The van der Waals surface area contributed by atoms with Gasteiger partial charge in [0.05, 0.1) is 30.3 Å². The molecule has 0 unspecified atom stereocenters. The number of aromatic nitrogens is 1. The second-order valence-electron chi connectivity index (χ2n) is 3.89. The lowest BCUT2D eigenvalue weighted by molar-refractivity contribution is 0.154. The summed E-state index contributed by atoms with van der Waals surface area (Å²) in [5.41, 5.74) is 1.77. The lowest BCUT2D eigenvalue weighted by Gasteiger charge is -2.22. The summed E-state index contributed by atoms with van der Waals surface area (Å²) >= 11 is 0. The first-order valence-corrected chi connectivity index (χ1v) is 6.15. The molecule has 1 aromatic rings. The van der Waals surface area contributed by atoms with Gasteiger partial charge < -0.3 is 14.7 Å². The van der Waals surface area contributed by atoms with Gasteiger partial charge in [-0.2, -0.15) is 0 Å². The van der Waals surface area contributed by atoms with Gasteiger partial charge in [0.1, 0.15) is 0 Å². The van der Waals surface area contributed by atoms with E-state index in [4.69, 9.17) is 4.74 Å². The first kappa shape index (κ1) is 13.9. The number of ether oxygens (including phenoxy) is 1. The number of aliphatic hydroxyl groups excluding tert-OH is 1. The molecule has 1 rings (SSSR count). The van der Waals surface area contributed by atoms with E-state index in [0.29, 0.717) is 5.69 Å². The first-order chi connectivity index (χ1) is 8.19. The second kappa shape index (κ2) is 7.25. The van der Waals surface area contributed by atoms with Gasteiger partial charge in [-0.1, -0.05) is 0 Å². The number of aliphatic hydroxyl groups is 1. The van der Waals surface area contributed by atoms with E-state index >= 15 is 0 Å². The molecule has 0 saturated heterocycles. The Morgan fingerprint density at radius 1 is 1.41 bits per heavy atom. The maximum absolute atomic E-state index is 9.39. The van der Waals surface area contributed by atoms with Crippen LogP contribution in [0.2, 0.25) is 0 Å². The van der Waals surface area contributed by atoms with Crippen molar-refractivity contribution in [2.75, 3.05) is 31.2 Å². The fraction of sp³-hybridized carbons (Fsp3) is 0.615.